The van der Waals surface area contributed by atoms with Gasteiger partial charge < -0.3 is 10.4 Å². The molecule has 0 atom stereocenters. The van der Waals surface area contributed by atoms with Gasteiger partial charge in [0.25, 0.3) is 5.91 Å². The van der Waals surface area contributed by atoms with E-state index in [4.69, 9.17) is 0 Å². The highest BCUT2D eigenvalue weighted by Gasteiger charge is 2.08. The summed E-state index contributed by atoms with van der Waals surface area (Å²) in [5.74, 6) is -0.253. The number of thioether (sulfide) groups is 1. The predicted octanol–water partition coefficient (Wildman–Crippen LogP) is 1.47. The molecular formula is C9H11NO2S. The van der Waals surface area contributed by atoms with Crippen molar-refractivity contribution in [3.63, 3.8) is 0 Å². The standard InChI is InChI=1S/C9H11NO2S/c1-10-9(12)7-4-3-6(13-2)5-8(7)11/h3-5,11H,1-2H3,(H,10,12). The highest BCUT2D eigenvalue weighted by atomic mass is 32.2. The van der Waals surface area contributed by atoms with Gasteiger partial charge >= 0.3 is 0 Å². The van der Waals surface area contributed by atoms with Crippen LogP contribution in [0.5, 0.6) is 5.75 Å². The Bertz CT molecular complexity index is 325. The summed E-state index contributed by atoms with van der Waals surface area (Å²) in [5, 5.41) is 11.9. The van der Waals surface area contributed by atoms with Gasteiger partial charge in [-0.05, 0) is 24.5 Å². The van der Waals surface area contributed by atoms with Gasteiger partial charge in [0.2, 0.25) is 0 Å². The van der Waals surface area contributed by atoms with Crippen molar-refractivity contribution in [3.05, 3.63) is 23.8 Å². The topological polar surface area (TPSA) is 49.3 Å². The van der Waals surface area contributed by atoms with Gasteiger partial charge in [-0.25, -0.2) is 0 Å². The average molecular weight is 197 g/mol. The van der Waals surface area contributed by atoms with E-state index >= 15 is 0 Å². The fraction of sp³-hybridized carbons (Fsp3) is 0.222. The number of hydrogen-bond acceptors (Lipinski definition) is 3. The highest BCUT2D eigenvalue weighted by molar-refractivity contribution is 7.98. The Balaban J connectivity index is 3.05. The van der Waals surface area contributed by atoms with Crippen molar-refractivity contribution in [2.75, 3.05) is 13.3 Å². The van der Waals surface area contributed by atoms with Crippen molar-refractivity contribution < 1.29 is 9.90 Å². The van der Waals surface area contributed by atoms with Gasteiger partial charge in [-0.2, -0.15) is 0 Å². The van der Waals surface area contributed by atoms with Crippen LogP contribution in [0.25, 0.3) is 0 Å². The zero-order chi connectivity index (χ0) is 9.84. The van der Waals surface area contributed by atoms with Gasteiger partial charge in [0.1, 0.15) is 5.75 Å². The fourth-order valence-electron chi connectivity index (χ4n) is 0.965. The summed E-state index contributed by atoms with van der Waals surface area (Å²) in [6, 6.07) is 4.99. The third-order valence-electron chi connectivity index (χ3n) is 1.68. The average Bonchev–Trinajstić information content (AvgIpc) is 2.16. The molecule has 1 aromatic carbocycles. The summed E-state index contributed by atoms with van der Waals surface area (Å²) in [7, 11) is 1.53. The molecule has 0 radical (unpaired) electrons. The summed E-state index contributed by atoms with van der Waals surface area (Å²) in [5.41, 5.74) is 0.306. The molecule has 1 amide bonds. The Morgan fingerprint density at radius 1 is 1.54 bits per heavy atom. The van der Waals surface area contributed by atoms with Crippen LogP contribution in [0.1, 0.15) is 10.4 Å². The molecular weight excluding hydrogens is 186 g/mol. The minimum Gasteiger partial charge on any atom is -0.507 e. The van der Waals surface area contributed by atoms with E-state index in [1.54, 1.807) is 18.2 Å². The van der Waals surface area contributed by atoms with Gasteiger partial charge in [0.05, 0.1) is 5.56 Å². The third-order valence-corrected chi connectivity index (χ3v) is 2.40. The van der Waals surface area contributed by atoms with Crippen LogP contribution >= 0.6 is 11.8 Å². The maximum atomic E-state index is 11.2. The first-order chi connectivity index (χ1) is 6.19. The number of phenolic OH excluding ortho intramolecular Hbond substituents is 1. The number of rotatable bonds is 2. The van der Waals surface area contributed by atoms with E-state index in [1.165, 1.54) is 18.8 Å². The Morgan fingerprint density at radius 3 is 2.69 bits per heavy atom. The lowest BCUT2D eigenvalue weighted by Gasteiger charge is -2.04. The molecule has 0 spiro atoms. The van der Waals surface area contributed by atoms with E-state index in [-0.39, 0.29) is 11.7 Å². The molecule has 0 heterocycles. The molecule has 0 bridgehead atoms. The normalized spacial score (nSPS) is 9.69. The maximum Gasteiger partial charge on any atom is 0.254 e. The Hall–Kier alpha value is -1.16. The SMILES string of the molecule is CNC(=O)c1ccc(SC)cc1O. The predicted molar refractivity (Wildman–Crippen MR) is 53.3 cm³/mol. The number of aromatic hydroxyl groups is 1. The number of carbonyl (C=O) groups excluding carboxylic acids is 1. The largest absolute Gasteiger partial charge is 0.507 e. The van der Waals surface area contributed by atoms with Crippen molar-refractivity contribution in [1.29, 1.82) is 0 Å². The zero-order valence-electron chi connectivity index (χ0n) is 7.50. The van der Waals surface area contributed by atoms with Crippen LogP contribution in [0.4, 0.5) is 0 Å². The summed E-state index contributed by atoms with van der Waals surface area (Å²) in [6.45, 7) is 0. The number of hydrogen-bond donors (Lipinski definition) is 2. The number of carbonyl (C=O) groups is 1. The summed E-state index contributed by atoms with van der Waals surface area (Å²) in [6.07, 6.45) is 1.91. The maximum absolute atomic E-state index is 11.2. The zero-order valence-corrected chi connectivity index (χ0v) is 8.31. The number of amides is 1. The summed E-state index contributed by atoms with van der Waals surface area (Å²) in [4.78, 5) is 12.1. The fourth-order valence-corrected chi connectivity index (χ4v) is 1.40. The molecule has 13 heavy (non-hydrogen) atoms. The quantitative estimate of drug-likeness (QED) is 0.706. The second kappa shape index (κ2) is 4.18. The van der Waals surface area contributed by atoms with Crippen LogP contribution in [0.3, 0.4) is 0 Å². The number of benzene rings is 1. The second-order valence-electron chi connectivity index (χ2n) is 2.46. The summed E-state index contributed by atoms with van der Waals surface area (Å²) >= 11 is 1.52. The van der Waals surface area contributed by atoms with E-state index in [2.05, 4.69) is 5.32 Å². The third kappa shape index (κ3) is 2.15. The van der Waals surface area contributed by atoms with Crippen LogP contribution in [-0.2, 0) is 0 Å². The van der Waals surface area contributed by atoms with Crippen LogP contribution in [0.2, 0.25) is 0 Å². The van der Waals surface area contributed by atoms with Crippen LogP contribution in [-0.4, -0.2) is 24.3 Å². The highest BCUT2D eigenvalue weighted by Crippen LogP contribution is 2.23. The molecule has 0 aliphatic heterocycles. The lowest BCUT2D eigenvalue weighted by molar-refractivity contribution is 0.0960. The van der Waals surface area contributed by atoms with Crippen LogP contribution in [0.15, 0.2) is 23.1 Å². The number of nitrogens with one attached hydrogen (secondary N) is 1. The molecule has 1 rings (SSSR count). The molecule has 0 aromatic heterocycles. The van der Waals surface area contributed by atoms with Crippen LogP contribution in [0, 0.1) is 0 Å². The van der Waals surface area contributed by atoms with Crippen molar-refractivity contribution in [1.82, 2.24) is 5.32 Å². The minimum atomic E-state index is -0.273. The minimum absolute atomic E-state index is 0.0196. The molecule has 4 heteroatoms. The van der Waals surface area contributed by atoms with Gasteiger partial charge in [-0.15, -0.1) is 11.8 Å². The van der Waals surface area contributed by atoms with E-state index in [1.807, 2.05) is 6.26 Å². The van der Waals surface area contributed by atoms with Crippen molar-refractivity contribution in [3.8, 4) is 5.75 Å². The molecule has 0 unspecified atom stereocenters. The molecule has 70 valence electrons. The first-order valence-corrected chi connectivity index (χ1v) is 5.00. The van der Waals surface area contributed by atoms with E-state index in [0.29, 0.717) is 5.56 Å². The Kier molecular flexibility index (Phi) is 3.19. The molecule has 3 nitrogen and oxygen atoms in total. The lowest BCUT2D eigenvalue weighted by atomic mass is 10.2. The first kappa shape index (κ1) is 9.92. The molecule has 0 saturated heterocycles. The number of phenols is 1. The monoisotopic (exact) mass is 197 g/mol. The van der Waals surface area contributed by atoms with Gasteiger partial charge in [0.15, 0.2) is 0 Å². The smallest absolute Gasteiger partial charge is 0.254 e. The van der Waals surface area contributed by atoms with E-state index in [0.717, 1.165) is 4.90 Å². The molecule has 0 aliphatic rings. The molecule has 0 saturated carbocycles. The molecule has 0 fully saturated rings. The van der Waals surface area contributed by atoms with Gasteiger partial charge in [-0.1, -0.05) is 0 Å². The van der Waals surface area contributed by atoms with Gasteiger partial charge in [0, 0.05) is 11.9 Å². The summed E-state index contributed by atoms with van der Waals surface area (Å²) < 4.78 is 0. The lowest BCUT2D eigenvalue weighted by Crippen LogP contribution is -2.17. The van der Waals surface area contributed by atoms with Crippen molar-refractivity contribution in [2.45, 2.75) is 4.90 Å². The second-order valence-corrected chi connectivity index (χ2v) is 3.34. The van der Waals surface area contributed by atoms with Crippen molar-refractivity contribution in [2.24, 2.45) is 0 Å². The van der Waals surface area contributed by atoms with Gasteiger partial charge in [-0.3, -0.25) is 4.79 Å². The van der Waals surface area contributed by atoms with Crippen molar-refractivity contribution >= 4 is 17.7 Å². The Labute approximate surface area is 81.2 Å². The molecule has 2 N–H and O–H groups in total. The molecule has 0 aliphatic carbocycles. The van der Waals surface area contributed by atoms with Crippen LogP contribution < -0.4 is 5.32 Å². The molecule has 1 aromatic rings. The van der Waals surface area contributed by atoms with E-state index in [9.17, 15) is 9.90 Å². The van der Waals surface area contributed by atoms with E-state index < -0.39 is 0 Å². The Morgan fingerprint density at radius 2 is 2.23 bits per heavy atom. The first-order valence-electron chi connectivity index (χ1n) is 3.78.